The molecule has 1 N–H and O–H groups in total. The number of aromatic hydroxyl groups is 1. The Kier molecular flexibility index (Phi) is 12.9. The summed E-state index contributed by atoms with van der Waals surface area (Å²) in [6, 6.07) is 44.3. The number of nitrogens with zero attached hydrogens (tertiary/aromatic N) is 3. The molecular weight excluding hydrogens is 637 g/mol. The van der Waals surface area contributed by atoms with E-state index in [0.29, 0.717) is 22.3 Å². The molecule has 0 saturated carbocycles. The van der Waals surface area contributed by atoms with Crippen molar-refractivity contribution in [2.75, 3.05) is 0 Å². The summed E-state index contributed by atoms with van der Waals surface area (Å²) in [7, 11) is 0. The summed E-state index contributed by atoms with van der Waals surface area (Å²) in [5.74, 6) is 0.295. The molecule has 7 nitrogen and oxygen atoms in total. The zero-order valence-corrected chi connectivity index (χ0v) is 29.1. The zero-order chi connectivity index (χ0) is 34.8. The summed E-state index contributed by atoms with van der Waals surface area (Å²) >= 11 is 0. The van der Waals surface area contributed by atoms with Gasteiger partial charge in [0.1, 0.15) is 5.75 Å². The third kappa shape index (κ3) is 9.80. The zero-order valence-electron chi connectivity index (χ0n) is 27.9. The summed E-state index contributed by atoms with van der Waals surface area (Å²) in [5.41, 5.74) is 6.64. The molecular formula is C42H34AlN3O4. The van der Waals surface area contributed by atoms with Crippen molar-refractivity contribution in [3.05, 3.63) is 163 Å². The van der Waals surface area contributed by atoms with E-state index < -0.39 is 0 Å². The second kappa shape index (κ2) is 17.5. The summed E-state index contributed by atoms with van der Waals surface area (Å²) in [4.78, 5) is 12.5. The Morgan fingerprint density at radius 1 is 0.380 bits per heavy atom. The molecule has 5 aromatic carbocycles. The van der Waals surface area contributed by atoms with E-state index in [-0.39, 0.29) is 34.6 Å². The van der Waals surface area contributed by atoms with Gasteiger partial charge in [0, 0.05) is 17.1 Å². The van der Waals surface area contributed by atoms with Gasteiger partial charge in [0.15, 0.2) is 0 Å². The first-order valence-electron chi connectivity index (χ1n) is 15.6. The molecule has 0 amide bonds. The van der Waals surface area contributed by atoms with Crippen LogP contribution < -0.4 is 15.3 Å². The van der Waals surface area contributed by atoms with Gasteiger partial charge in [-0.3, -0.25) is 15.0 Å². The van der Waals surface area contributed by atoms with Crippen molar-refractivity contribution >= 4 is 50.1 Å². The summed E-state index contributed by atoms with van der Waals surface area (Å²) in [5, 5.41) is 45.6. The Labute approximate surface area is 302 Å². The van der Waals surface area contributed by atoms with E-state index in [4.69, 9.17) is 5.11 Å². The first-order chi connectivity index (χ1) is 23.7. The molecule has 8 heteroatoms. The van der Waals surface area contributed by atoms with Crippen LogP contribution in [-0.4, -0.2) is 37.4 Å². The maximum absolute atomic E-state index is 11.3. The number of pyridine rings is 3. The molecule has 0 spiro atoms. The maximum Gasteiger partial charge on any atom is 3.00 e. The summed E-state index contributed by atoms with van der Waals surface area (Å²) < 4.78 is 0. The topological polar surface area (TPSA) is 128 Å². The van der Waals surface area contributed by atoms with Gasteiger partial charge in [-0.15, -0.1) is 0 Å². The van der Waals surface area contributed by atoms with Crippen LogP contribution in [0, 0.1) is 20.8 Å². The Morgan fingerprint density at radius 3 is 1.08 bits per heavy atom. The minimum atomic E-state index is -0.00352. The molecule has 0 radical (unpaired) electrons. The molecule has 0 aliphatic carbocycles. The molecule has 0 bridgehead atoms. The van der Waals surface area contributed by atoms with E-state index in [2.05, 4.69) is 15.0 Å². The first kappa shape index (κ1) is 36.9. The Balaban J connectivity index is 0.000000149. The first-order valence-corrected chi connectivity index (χ1v) is 15.6. The average Bonchev–Trinajstić information content (AvgIpc) is 3.11. The van der Waals surface area contributed by atoms with Crippen LogP contribution in [0.1, 0.15) is 17.1 Å². The van der Waals surface area contributed by atoms with Gasteiger partial charge in [-0.25, -0.2) is 0 Å². The number of aromatic nitrogens is 3. The summed E-state index contributed by atoms with van der Waals surface area (Å²) in [6.07, 6.45) is 0. The van der Waals surface area contributed by atoms with Crippen molar-refractivity contribution in [2.24, 2.45) is 0 Å². The van der Waals surface area contributed by atoms with Gasteiger partial charge >= 0.3 is 17.4 Å². The second-order valence-electron chi connectivity index (χ2n) is 11.3. The van der Waals surface area contributed by atoms with Crippen molar-refractivity contribution in [3.8, 4) is 34.1 Å². The van der Waals surface area contributed by atoms with Crippen molar-refractivity contribution in [2.45, 2.75) is 20.8 Å². The van der Waals surface area contributed by atoms with Gasteiger partial charge in [0.2, 0.25) is 0 Å². The van der Waals surface area contributed by atoms with E-state index in [9.17, 15) is 15.3 Å². The second-order valence-corrected chi connectivity index (χ2v) is 11.3. The Morgan fingerprint density at radius 2 is 0.720 bits per heavy atom. The van der Waals surface area contributed by atoms with Gasteiger partial charge in [0.25, 0.3) is 0 Å². The van der Waals surface area contributed by atoms with Gasteiger partial charge in [-0.1, -0.05) is 133 Å². The molecule has 0 aliphatic rings. The van der Waals surface area contributed by atoms with Crippen LogP contribution in [0.2, 0.25) is 0 Å². The molecule has 3 heterocycles. The minimum absolute atomic E-state index is 0. The molecule has 8 aromatic rings. The monoisotopic (exact) mass is 671 g/mol. The summed E-state index contributed by atoms with van der Waals surface area (Å²) in [6.45, 7) is 5.64. The maximum atomic E-state index is 11.3. The Hall–Kier alpha value is -5.94. The molecule has 0 unspecified atom stereocenters. The molecule has 0 saturated heterocycles. The fraction of sp³-hybridized carbons (Fsp3) is 0.0714. The molecule has 3 aromatic heterocycles. The fourth-order valence-electron chi connectivity index (χ4n) is 4.94. The Bertz CT molecular complexity index is 2120. The standard InChI is InChI=1S/C12H10O.3C10H9NO.Al/c13-12-8-6-11(7-9-12)10-4-2-1-3-5-10;3*1-7-5-6-8-3-2-4-9(12)10(8)11-7;/h1-9,13H;3*2-6,12H,1H3;/q;;;;+3/p-3. The van der Waals surface area contributed by atoms with Crippen LogP contribution >= 0.6 is 0 Å². The van der Waals surface area contributed by atoms with Crippen molar-refractivity contribution in [1.29, 1.82) is 0 Å². The van der Waals surface area contributed by atoms with Gasteiger partial charge < -0.3 is 20.4 Å². The number of hydrogen-bond donors (Lipinski definition) is 1. The predicted molar refractivity (Wildman–Crippen MR) is 197 cm³/mol. The predicted octanol–water partition coefficient (Wildman–Crippen LogP) is 7.53. The number of para-hydroxylation sites is 3. The molecule has 0 atom stereocenters. The van der Waals surface area contributed by atoms with E-state index in [1.165, 1.54) is 23.8 Å². The SMILES string of the molecule is Cc1ccc2cccc([O-])c2n1.Cc1ccc2cccc([O-])c2n1.Cc1ccc2cccc([O-])c2n1.Oc1ccc(-c2ccccc2)cc1.[Al+3]. The third-order valence-electron chi connectivity index (χ3n) is 7.44. The third-order valence-corrected chi connectivity index (χ3v) is 7.44. The fourth-order valence-corrected chi connectivity index (χ4v) is 4.94. The van der Waals surface area contributed by atoms with Crippen LogP contribution in [0.5, 0.6) is 23.0 Å². The van der Waals surface area contributed by atoms with Crippen LogP contribution in [0.15, 0.2) is 146 Å². The number of fused-ring (bicyclic) bond motifs is 3. The number of benzene rings is 5. The normalized spacial score (nSPS) is 10.1. The molecule has 8 rings (SSSR count). The quantitative estimate of drug-likeness (QED) is 0.179. The number of aryl methyl sites for hydroxylation is 3. The molecule has 0 fully saturated rings. The van der Waals surface area contributed by atoms with E-state index in [0.717, 1.165) is 38.8 Å². The van der Waals surface area contributed by atoms with Crippen LogP contribution in [0.4, 0.5) is 0 Å². The van der Waals surface area contributed by atoms with Crippen LogP contribution in [-0.2, 0) is 0 Å². The minimum Gasteiger partial charge on any atom is -0.871 e. The number of phenols is 1. The molecule has 0 aliphatic heterocycles. The average molecular weight is 672 g/mol. The van der Waals surface area contributed by atoms with Crippen LogP contribution in [0.25, 0.3) is 43.8 Å². The van der Waals surface area contributed by atoms with Gasteiger partial charge in [-0.2, -0.15) is 0 Å². The van der Waals surface area contributed by atoms with Gasteiger partial charge in [0.05, 0.1) is 16.6 Å². The van der Waals surface area contributed by atoms with Gasteiger partial charge in [-0.05, 0) is 78.4 Å². The van der Waals surface area contributed by atoms with Crippen molar-refractivity contribution < 1.29 is 20.4 Å². The largest absolute Gasteiger partial charge is 3.00 e. The van der Waals surface area contributed by atoms with Crippen LogP contribution in [0.3, 0.4) is 0 Å². The molecule has 50 heavy (non-hydrogen) atoms. The van der Waals surface area contributed by atoms with E-state index >= 15 is 0 Å². The molecule has 244 valence electrons. The number of phenolic OH excluding ortho intramolecular Hbond substituents is 1. The number of rotatable bonds is 1. The van der Waals surface area contributed by atoms with Crippen molar-refractivity contribution in [3.63, 3.8) is 0 Å². The van der Waals surface area contributed by atoms with E-state index in [1.54, 1.807) is 30.3 Å². The number of hydrogen-bond acceptors (Lipinski definition) is 7. The van der Waals surface area contributed by atoms with E-state index in [1.807, 2.05) is 118 Å². The van der Waals surface area contributed by atoms with Crippen molar-refractivity contribution in [1.82, 2.24) is 15.0 Å². The smallest absolute Gasteiger partial charge is 0.871 e.